The van der Waals surface area contributed by atoms with Gasteiger partial charge >= 0.3 is 6.01 Å². The van der Waals surface area contributed by atoms with Crippen LogP contribution in [0.3, 0.4) is 0 Å². The Bertz CT molecular complexity index is 907. The summed E-state index contributed by atoms with van der Waals surface area (Å²) in [5, 5.41) is 2.60. The molecule has 1 aromatic carbocycles. The maximum atomic E-state index is 14.4. The minimum Gasteiger partial charge on any atom is -0.421 e. The quantitative estimate of drug-likeness (QED) is 0.753. The molecule has 3 aliphatic carbocycles. The van der Waals surface area contributed by atoms with Crippen LogP contribution in [0.1, 0.15) is 24.8 Å². The fourth-order valence-electron chi connectivity index (χ4n) is 3.89. The van der Waals surface area contributed by atoms with E-state index in [1.165, 1.54) is 12.4 Å². The number of ether oxygens (including phenoxy) is 2. The smallest absolute Gasteiger partial charge is 0.321 e. The van der Waals surface area contributed by atoms with Crippen LogP contribution in [0.2, 0.25) is 0 Å². The summed E-state index contributed by atoms with van der Waals surface area (Å²) >= 11 is 0. The molecule has 2 amide bonds. The second-order valence-corrected chi connectivity index (χ2v) is 7.43. The Morgan fingerprint density at radius 1 is 1.25 bits per heavy atom. The van der Waals surface area contributed by atoms with Gasteiger partial charge in [0.25, 0.3) is 0 Å². The van der Waals surface area contributed by atoms with Gasteiger partial charge in [0.2, 0.25) is 11.8 Å². The van der Waals surface area contributed by atoms with Gasteiger partial charge in [-0.15, -0.1) is 0 Å². The first-order chi connectivity index (χ1) is 13.3. The van der Waals surface area contributed by atoms with Gasteiger partial charge < -0.3 is 20.5 Å². The van der Waals surface area contributed by atoms with E-state index in [0.717, 1.165) is 6.07 Å². The van der Waals surface area contributed by atoms with Gasteiger partial charge in [0.05, 0.1) is 11.0 Å². The summed E-state index contributed by atoms with van der Waals surface area (Å²) < 4.78 is 25.4. The highest BCUT2D eigenvalue weighted by Crippen LogP contribution is 2.68. The van der Waals surface area contributed by atoms with E-state index in [-0.39, 0.29) is 30.0 Å². The molecule has 0 aliphatic heterocycles. The second-order valence-electron chi connectivity index (χ2n) is 7.43. The minimum absolute atomic E-state index is 0.00827. The van der Waals surface area contributed by atoms with Crippen LogP contribution < -0.4 is 15.8 Å². The highest BCUT2D eigenvalue weighted by atomic mass is 19.1. The van der Waals surface area contributed by atoms with Crippen LogP contribution in [0.25, 0.3) is 0 Å². The molecule has 0 atom stereocenters. The highest BCUT2D eigenvalue weighted by molar-refractivity contribution is 5.92. The van der Waals surface area contributed by atoms with Crippen molar-refractivity contribution in [1.82, 2.24) is 9.97 Å². The van der Waals surface area contributed by atoms with Crippen molar-refractivity contribution >= 4 is 17.5 Å². The van der Waals surface area contributed by atoms with Gasteiger partial charge in [-0.2, -0.15) is 0 Å². The summed E-state index contributed by atoms with van der Waals surface area (Å²) in [6.45, 7) is 1.48. The van der Waals surface area contributed by atoms with E-state index in [1.54, 1.807) is 19.1 Å². The van der Waals surface area contributed by atoms with Crippen molar-refractivity contribution in [2.24, 2.45) is 11.1 Å². The number of amides is 2. The van der Waals surface area contributed by atoms with Gasteiger partial charge in [-0.05, 0) is 43.9 Å². The summed E-state index contributed by atoms with van der Waals surface area (Å²) in [7, 11) is 0. The van der Waals surface area contributed by atoms with Gasteiger partial charge in [-0.25, -0.2) is 14.4 Å². The van der Waals surface area contributed by atoms with Crippen LogP contribution in [0, 0.1) is 18.2 Å². The Balaban J connectivity index is 1.34. The maximum Gasteiger partial charge on any atom is 0.321 e. The molecule has 3 aliphatic rings. The van der Waals surface area contributed by atoms with E-state index in [2.05, 4.69) is 15.3 Å². The molecule has 0 radical (unpaired) electrons. The third-order valence-electron chi connectivity index (χ3n) is 5.26. The maximum absolute atomic E-state index is 14.4. The van der Waals surface area contributed by atoms with Crippen molar-refractivity contribution in [2.75, 3.05) is 11.9 Å². The molecule has 3 fully saturated rings. The Morgan fingerprint density at radius 3 is 2.54 bits per heavy atom. The number of halogens is 1. The number of carbonyl (C=O) groups is 2. The van der Waals surface area contributed by atoms with Crippen molar-refractivity contribution in [3.63, 3.8) is 0 Å². The number of nitrogens with two attached hydrogens (primary N) is 1. The molecule has 3 N–H and O–H groups in total. The fraction of sp³-hybridized carbons (Fsp3) is 0.368. The first-order valence-electron chi connectivity index (χ1n) is 8.80. The lowest BCUT2D eigenvalue weighted by atomic mass is 9.41. The van der Waals surface area contributed by atoms with Crippen molar-refractivity contribution in [3.05, 3.63) is 42.0 Å². The van der Waals surface area contributed by atoms with Crippen LogP contribution in [-0.2, 0) is 14.3 Å². The summed E-state index contributed by atoms with van der Waals surface area (Å²) in [6.07, 6.45) is 4.65. The van der Waals surface area contributed by atoms with Crippen molar-refractivity contribution in [1.29, 1.82) is 0 Å². The van der Waals surface area contributed by atoms with E-state index in [1.807, 2.05) is 0 Å². The monoisotopic (exact) mass is 386 g/mol. The Kier molecular flexibility index (Phi) is 4.26. The second kappa shape index (κ2) is 6.52. The molecule has 3 saturated carbocycles. The number of nitrogens with one attached hydrogen (secondary N) is 1. The molecule has 0 saturated heterocycles. The predicted molar refractivity (Wildman–Crippen MR) is 96.0 cm³/mol. The Morgan fingerprint density at radius 2 is 1.93 bits per heavy atom. The van der Waals surface area contributed by atoms with Crippen molar-refractivity contribution in [3.8, 4) is 11.8 Å². The zero-order valence-electron chi connectivity index (χ0n) is 15.2. The minimum atomic E-state index is -0.647. The van der Waals surface area contributed by atoms with Gasteiger partial charge in [0.15, 0.2) is 11.6 Å². The lowest BCUT2D eigenvalue weighted by Gasteiger charge is -2.67. The number of anilines is 1. The number of aromatic nitrogens is 2. The largest absolute Gasteiger partial charge is 0.421 e. The number of hydrogen-bond donors (Lipinski definition) is 2. The topological polar surface area (TPSA) is 116 Å². The molecule has 5 rings (SSSR count). The average molecular weight is 386 g/mol. The van der Waals surface area contributed by atoms with Crippen LogP contribution in [0.5, 0.6) is 11.8 Å². The highest BCUT2D eigenvalue weighted by Gasteiger charge is 2.72. The molecule has 2 bridgehead atoms. The fourth-order valence-corrected chi connectivity index (χ4v) is 3.89. The van der Waals surface area contributed by atoms with Gasteiger partial charge in [0.1, 0.15) is 6.61 Å². The first kappa shape index (κ1) is 18.3. The van der Waals surface area contributed by atoms with Gasteiger partial charge in [0, 0.05) is 24.1 Å². The molecule has 2 aromatic rings. The average Bonchev–Trinajstić information content (AvgIpc) is 2.56. The first-order valence-corrected chi connectivity index (χ1v) is 8.80. The van der Waals surface area contributed by atoms with E-state index in [0.29, 0.717) is 24.8 Å². The molecule has 1 heterocycles. The summed E-state index contributed by atoms with van der Waals surface area (Å²) in [5.74, 6) is -1.37. The van der Waals surface area contributed by atoms with E-state index < -0.39 is 22.7 Å². The van der Waals surface area contributed by atoms with Crippen LogP contribution in [-0.4, -0.2) is 34.0 Å². The van der Waals surface area contributed by atoms with Crippen LogP contribution in [0.4, 0.5) is 10.1 Å². The Labute approximate surface area is 160 Å². The lowest BCUT2D eigenvalue weighted by Crippen LogP contribution is -2.72. The van der Waals surface area contributed by atoms with Crippen molar-refractivity contribution in [2.45, 2.75) is 31.8 Å². The number of benzene rings is 1. The van der Waals surface area contributed by atoms with E-state index >= 15 is 0 Å². The van der Waals surface area contributed by atoms with Crippen LogP contribution >= 0.6 is 0 Å². The summed E-state index contributed by atoms with van der Waals surface area (Å²) in [4.78, 5) is 31.2. The summed E-state index contributed by atoms with van der Waals surface area (Å²) in [5.41, 5.74) is 5.26. The third-order valence-corrected chi connectivity index (χ3v) is 5.26. The SMILES string of the molecule is Cc1cc(NC(=O)COC23CC(C(N)=O)(C2)C3)cc(F)c1Oc1ncccn1. The number of nitrogens with zero attached hydrogens (tertiary/aromatic N) is 2. The van der Waals surface area contributed by atoms with E-state index in [4.69, 9.17) is 15.2 Å². The zero-order chi connectivity index (χ0) is 19.9. The van der Waals surface area contributed by atoms with Crippen molar-refractivity contribution < 1.29 is 23.5 Å². The molecule has 1 aromatic heterocycles. The molecule has 0 spiro atoms. The number of primary amides is 1. The van der Waals surface area contributed by atoms with Crippen LogP contribution in [0.15, 0.2) is 30.6 Å². The molecule has 8 nitrogen and oxygen atoms in total. The number of hydrogen-bond acceptors (Lipinski definition) is 6. The molecule has 0 unspecified atom stereocenters. The van der Waals surface area contributed by atoms with Gasteiger partial charge in [-0.3, -0.25) is 9.59 Å². The number of rotatable bonds is 7. The molecular weight excluding hydrogens is 367 g/mol. The molecule has 9 heteroatoms. The lowest BCUT2D eigenvalue weighted by molar-refractivity contribution is -0.269. The normalized spacial score (nSPS) is 24.6. The standard InChI is InChI=1S/C19H19FN4O4/c1-11-5-12(6-13(20)15(11)28-17-22-3-2-4-23-17)24-14(25)7-27-19-8-18(9-19,10-19)16(21)26/h2-6H,7-10H2,1H3,(H2,21,26)(H,24,25). The third kappa shape index (κ3) is 3.18. The Hall–Kier alpha value is -3.07. The molecule has 28 heavy (non-hydrogen) atoms. The summed E-state index contributed by atoms with van der Waals surface area (Å²) in [6, 6.07) is 4.40. The number of aryl methyl sites for hydroxylation is 1. The predicted octanol–water partition coefficient (Wildman–Crippen LogP) is 2.08. The number of carbonyl (C=O) groups excluding carboxylic acids is 2. The molecular formula is C19H19FN4O4. The van der Waals surface area contributed by atoms with Gasteiger partial charge in [-0.1, -0.05) is 0 Å². The molecule has 146 valence electrons. The zero-order valence-corrected chi connectivity index (χ0v) is 15.2. The van der Waals surface area contributed by atoms with E-state index in [9.17, 15) is 14.0 Å².